The molecule has 1 atom stereocenters. The Hall–Kier alpha value is -1.43. The molecule has 3 rings (SSSR count). The first kappa shape index (κ1) is 17.9. The first-order valence-corrected chi connectivity index (χ1v) is 8.32. The van der Waals surface area contributed by atoms with Crippen LogP contribution in [0.5, 0.6) is 0 Å². The van der Waals surface area contributed by atoms with E-state index >= 15 is 0 Å². The van der Waals surface area contributed by atoms with Crippen molar-refractivity contribution in [3.63, 3.8) is 0 Å². The molecule has 1 aromatic heterocycles. The smallest absolute Gasteiger partial charge is 0.264 e. The average molecular weight is 355 g/mol. The minimum absolute atomic E-state index is 0. The molecule has 0 radical (unpaired) electrons. The Balaban J connectivity index is 0.00000192. The third-order valence-electron chi connectivity index (χ3n) is 4.02. The van der Waals surface area contributed by atoms with Crippen LogP contribution in [0, 0.1) is 5.82 Å². The van der Waals surface area contributed by atoms with E-state index in [2.05, 4.69) is 5.32 Å². The summed E-state index contributed by atoms with van der Waals surface area (Å²) in [6.07, 6.45) is 2.12. The summed E-state index contributed by atoms with van der Waals surface area (Å²) in [6, 6.07) is 10.5. The lowest BCUT2D eigenvalue weighted by Crippen LogP contribution is -2.40. The third kappa shape index (κ3) is 3.91. The molecule has 1 N–H and O–H groups in total. The number of benzene rings is 1. The molecule has 124 valence electrons. The number of thiophene rings is 1. The molecular weight excluding hydrogens is 335 g/mol. The van der Waals surface area contributed by atoms with Crippen molar-refractivity contribution in [2.45, 2.75) is 18.9 Å². The maximum Gasteiger partial charge on any atom is 0.264 e. The second-order valence-electron chi connectivity index (χ2n) is 5.52. The zero-order valence-electron chi connectivity index (χ0n) is 12.9. The molecule has 1 fully saturated rings. The predicted octanol–water partition coefficient (Wildman–Crippen LogP) is 3.80. The van der Waals surface area contributed by atoms with Crippen LogP contribution in [0.25, 0.3) is 10.4 Å². The number of nitrogens with zero attached hydrogens (tertiary/aromatic N) is 1. The normalized spacial score (nSPS) is 17.1. The van der Waals surface area contributed by atoms with Gasteiger partial charge in [-0.05, 0) is 49.7 Å². The van der Waals surface area contributed by atoms with Crippen LogP contribution in [0.3, 0.4) is 0 Å². The third-order valence-corrected chi connectivity index (χ3v) is 5.15. The molecule has 0 aliphatic carbocycles. The van der Waals surface area contributed by atoms with Gasteiger partial charge in [0.05, 0.1) is 4.88 Å². The van der Waals surface area contributed by atoms with Gasteiger partial charge < -0.3 is 10.2 Å². The van der Waals surface area contributed by atoms with Crippen molar-refractivity contribution in [1.82, 2.24) is 10.2 Å². The number of likely N-dealkylation sites (tertiary alicyclic amines) is 1. The van der Waals surface area contributed by atoms with Gasteiger partial charge in [0, 0.05) is 24.0 Å². The molecule has 0 bridgehead atoms. The molecule has 0 spiro atoms. The van der Waals surface area contributed by atoms with Crippen LogP contribution in [-0.4, -0.2) is 37.0 Å². The van der Waals surface area contributed by atoms with Crippen molar-refractivity contribution in [2.75, 3.05) is 20.1 Å². The van der Waals surface area contributed by atoms with Crippen molar-refractivity contribution in [2.24, 2.45) is 0 Å². The average Bonchev–Trinajstić information content (AvgIpc) is 3.17. The van der Waals surface area contributed by atoms with Crippen LogP contribution >= 0.6 is 23.7 Å². The molecule has 3 nitrogen and oxygen atoms in total. The number of likely N-dealkylation sites (N-methyl/N-ethyl adjacent to an activating group) is 1. The number of hydrogen-bond acceptors (Lipinski definition) is 3. The number of halogens is 2. The highest BCUT2D eigenvalue weighted by Crippen LogP contribution is 2.30. The molecule has 1 aromatic carbocycles. The van der Waals surface area contributed by atoms with Crippen molar-refractivity contribution >= 4 is 29.7 Å². The van der Waals surface area contributed by atoms with Gasteiger partial charge in [0.25, 0.3) is 5.91 Å². The second kappa shape index (κ2) is 7.90. The largest absolute Gasteiger partial charge is 0.334 e. The van der Waals surface area contributed by atoms with Crippen LogP contribution in [0.15, 0.2) is 36.4 Å². The van der Waals surface area contributed by atoms with Gasteiger partial charge in [-0.1, -0.05) is 12.1 Å². The number of rotatable bonds is 4. The van der Waals surface area contributed by atoms with Gasteiger partial charge >= 0.3 is 0 Å². The monoisotopic (exact) mass is 354 g/mol. The zero-order valence-corrected chi connectivity index (χ0v) is 14.6. The number of hydrogen-bond donors (Lipinski definition) is 1. The van der Waals surface area contributed by atoms with Crippen LogP contribution in [0.2, 0.25) is 0 Å². The summed E-state index contributed by atoms with van der Waals surface area (Å²) in [5, 5.41) is 3.16. The molecule has 1 saturated heterocycles. The van der Waals surface area contributed by atoms with Gasteiger partial charge in [-0.15, -0.1) is 23.7 Å². The summed E-state index contributed by atoms with van der Waals surface area (Å²) in [5.41, 5.74) is 0.943. The Morgan fingerprint density at radius 2 is 2.04 bits per heavy atom. The van der Waals surface area contributed by atoms with Gasteiger partial charge in [-0.2, -0.15) is 0 Å². The fraction of sp³-hybridized carbons (Fsp3) is 0.353. The highest BCUT2D eigenvalue weighted by atomic mass is 35.5. The SMILES string of the molecule is CNCC1CCCN1C(=O)c1ccc(-c2ccc(F)cc2)s1.Cl. The molecule has 1 aliphatic rings. The van der Waals surface area contributed by atoms with E-state index in [1.807, 2.05) is 24.1 Å². The number of nitrogens with one attached hydrogen (secondary N) is 1. The van der Waals surface area contributed by atoms with Gasteiger partial charge in [-0.25, -0.2) is 4.39 Å². The maximum absolute atomic E-state index is 13.0. The van der Waals surface area contributed by atoms with E-state index < -0.39 is 0 Å². The van der Waals surface area contributed by atoms with Gasteiger partial charge in [-0.3, -0.25) is 4.79 Å². The molecule has 2 aromatic rings. The van der Waals surface area contributed by atoms with E-state index in [9.17, 15) is 9.18 Å². The lowest BCUT2D eigenvalue weighted by atomic mass is 10.2. The van der Waals surface area contributed by atoms with Crippen LogP contribution < -0.4 is 5.32 Å². The highest BCUT2D eigenvalue weighted by molar-refractivity contribution is 7.17. The first-order valence-electron chi connectivity index (χ1n) is 7.50. The lowest BCUT2D eigenvalue weighted by Gasteiger charge is -2.23. The lowest BCUT2D eigenvalue weighted by molar-refractivity contribution is 0.0742. The second-order valence-corrected chi connectivity index (χ2v) is 6.61. The molecule has 0 saturated carbocycles. The Labute approximate surface area is 145 Å². The van der Waals surface area contributed by atoms with Crippen molar-refractivity contribution in [1.29, 1.82) is 0 Å². The minimum Gasteiger partial charge on any atom is -0.334 e. The van der Waals surface area contributed by atoms with E-state index in [0.717, 1.165) is 41.2 Å². The summed E-state index contributed by atoms with van der Waals surface area (Å²) in [4.78, 5) is 16.4. The maximum atomic E-state index is 13.0. The van der Waals surface area contributed by atoms with Crippen LogP contribution in [0.4, 0.5) is 4.39 Å². The summed E-state index contributed by atoms with van der Waals surface area (Å²) >= 11 is 1.47. The summed E-state index contributed by atoms with van der Waals surface area (Å²) in [6.45, 7) is 1.66. The fourth-order valence-corrected chi connectivity index (χ4v) is 3.88. The number of carbonyl (C=O) groups excluding carboxylic acids is 1. The van der Waals surface area contributed by atoms with E-state index in [0.29, 0.717) is 0 Å². The van der Waals surface area contributed by atoms with Gasteiger partial charge in [0.1, 0.15) is 5.82 Å². The molecule has 6 heteroatoms. The molecular formula is C17H20ClFN2OS. The number of amides is 1. The summed E-state index contributed by atoms with van der Waals surface area (Å²) in [5.74, 6) is -0.139. The molecule has 23 heavy (non-hydrogen) atoms. The molecule has 1 amide bonds. The topological polar surface area (TPSA) is 32.3 Å². The first-order chi connectivity index (χ1) is 10.7. The van der Waals surface area contributed by atoms with Crippen molar-refractivity contribution in [3.8, 4) is 10.4 Å². The predicted molar refractivity (Wildman–Crippen MR) is 94.9 cm³/mol. The van der Waals surface area contributed by atoms with E-state index in [-0.39, 0.29) is 30.2 Å². The van der Waals surface area contributed by atoms with Gasteiger partial charge in [0.2, 0.25) is 0 Å². The molecule has 1 aliphatic heterocycles. The molecule has 2 heterocycles. The summed E-state index contributed by atoms with van der Waals surface area (Å²) < 4.78 is 13.0. The Morgan fingerprint density at radius 1 is 1.30 bits per heavy atom. The standard InChI is InChI=1S/C17H19FN2OS.ClH/c1-19-11-14-3-2-10-20(14)17(21)16-9-8-15(22-16)12-4-6-13(18)7-5-12;/h4-9,14,19H,2-3,10-11H2,1H3;1H. The fourth-order valence-electron chi connectivity index (χ4n) is 2.91. The van der Waals surface area contributed by atoms with Crippen LogP contribution in [-0.2, 0) is 0 Å². The van der Waals surface area contributed by atoms with Crippen LogP contribution in [0.1, 0.15) is 22.5 Å². The zero-order chi connectivity index (χ0) is 15.5. The highest BCUT2D eigenvalue weighted by Gasteiger charge is 2.29. The summed E-state index contributed by atoms with van der Waals surface area (Å²) in [7, 11) is 1.92. The Morgan fingerprint density at radius 3 is 2.74 bits per heavy atom. The molecule has 1 unspecified atom stereocenters. The Bertz CT molecular complexity index is 659. The van der Waals surface area contributed by atoms with Crippen molar-refractivity contribution in [3.05, 3.63) is 47.1 Å². The minimum atomic E-state index is -0.247. The van der Waals surface area contributed by atoms with E-state index in [4.69, 9.17) is 0 Å². The van der Waals surface area contributed by atoms with Gasteiger partial charge in [0.15, 0.2) is 0 Å². The quantitative estimate of drug-likeness (QED) is 0.905. The van der Waals surface area contributed by atoms with E-state index in [1.54, 1.807) is 12.1 Å². The number of carbonyl (C=O) groups is 1. The van der Waals surface area contributed by atoms with Crippen molar-refractivity contribution < 1.29 is 9.18 Å². The van der Waals surface area contributed by atoms with E-state index in [1.165, 1.54) is 23.5 Å². The Kier molecular flexibility index (Phi) is 6.16.